The molecule has 0 aliphatic rings. The molecule has 3 aromatic rings. The van der Waals surface area contributed by atoms with Crippen molar-refractivity contribution in [3.63, 3.8) is 0 Å². The van der Waals surface area contributed by atoms with Gasteiger partial charge < -0.3 is 15.8 Å². The van der Waals surface area contributed by atoms with E-state index in [1.165, 1.54) is 12.4 Å². The van der Waals surface area contributed by atoms with Crippen LogP contribution in [0, 0.1) is 12.7 Å². The third kappa shape index (κ3) is 3.38. The van der Waals surface area contributed by atoms with Crippen LogP contribution in [0.2, 0.25) is 5.02 Å². The molecule has 0 saturated heterocycles. The summed E-state index contributed by atoms with van der Waals surface area (Å²) in [6.07, 6.45) is 1.29. The lowest BCUT2D eigenvalue weighted by Gasteiger charge is -2.12. The van der Waals surface area contributed by atoms with E-state index < -0.39 is 5.82 Å². The van der Waals surface area contributed by atoms with Gasteiger partial charge in [0.2, 0.25) is 5.88 Å². The van der Waals surface area contributed by atoms with Gasteiger partial charge in [-0.05, 0) is 42.8 Å². The first kappa shape index (κ1) is 16.0. The second kappa shape index (κ2) is 6.72. The van der Waals surface area contributed by atoms with E-state index in [0.717, 1.165) is 5.56 Å². The first-order chi connectivity index (χ1) is 11.5. The lowest BCUT2D eigenvalue weighted by molar-refractivity contribution is 0.464. The second-order valence-corrected chi connectivity index (χ2v) is 5.47. The van der Waals surface area contributed by atoms with Crippen LogP contribution in [0.4, 0.5) is 21.6 Å². The molecule has 0 radical (unpaired) electrons. The molecule has 0 fully saturated rings. The largest absolute Gasteiger partial charge is 0.437 e. The van der Waals surface area contributed by atoms with E-state index >= 15 is 0 Å². The fourth-order valence-corrected chi connectivity index (χ4v) is 2.16. The van der Waals surface area contributed by atoms with Crippen LogP contribution in [0.3, 0.4) is 0 Å². The summed E-state index contributed by atoms with van der Waals surface area (Å²) in [6.45, 7) is 1.86. The van der Waals surface area contributed by atoms with Crippen molar-refractivity contribution in [3.05, 3.63) is 65.2 Å². The van der Waals surface area contributed by atoms with Gasteiger partial charge in [0.05, 0.1) is 5.69 Å². The molecule has 24 heavy (non-hydrogen) atoms. The zero-order chi connectivity index (χ0) is 17.1. The minimum absolute atomic E-state index is 0.172. The molecule has 0 bridgehead atoms. The van der Waals surface area contributed by atoms with Crippen molar-refractivity contribution in [2.75, 3.05) is 11.1 Å². The Morgan fingerprint density at radius 2 is 1.96 bits per heavy atom. The van der Waals surface area contributed by atoms with Crippen LogP contribution < -0.4 is 15.8 Å². The molecular weight excluding hydrogens is 331 g/mol. The van der Waals surface area contributed by atoms with Crippen molar-refractivity contribution < 1.29 is 9.13 Å². The van der Waals surface area contributed by atoms with Crippen molar-refractivity contribution in [3.8, 4) is 11.6 Å². The number of anilines is 3. The Balaban J connectivity index is 1.88. The van der Waals surface area contributed by atoms with Gasteiger partial charge >= 0.3 is 0 Å². The highest BCUT2D eigenvalue weighted by molar-refractivity contribution is 6.31. The minimum Gasteiger partial charge on any atom is -0.437 e. The summed E-state index contributed by atoms with van der Waals surface area (Å²) in [5, 5.41) is 3.47. The number of ether oxygens (including phenoxy) is 1. The van der Waals surface area contributed by atoms with Crippen molar-refractivity contribution >= 4 is 28.8 Å². The molecule has 0 spiro atoms. The summed E-state index contributed by atoms with van der Waals surface area (Å²) in [7, 11) is 0. The zero-order valence-electron chi connectivity index (χ0n) is 12.8. The van der Waals surface area contributed by atoms with E-state index in [1.54, 1.807) is 36.4 Å². The Morgan fingerprint density at radius 1 is 1.17 bits per heavy atom. The van der Waals surface area contributed by atoms with E-state index in [9.17, 15) is 4.39 Å². The van der Waals surface area contributed by atoms with Crippen LogP contribution in [0.1, 0.15) is 5.56 Å². The first-order valence-electron chi connectivity index (χ1n) is 7.10. The third-order valence-electron chi connectivity index (χ3n) is 3.32. The Morgan fingerprint density at radius 3 is 2.71 bits per heavy atom. The summed E-state index contributed by atoms with van der Waals surface area (Å²) in [6, 6.07) is 11.4. The van der Waals surface area contributed by atoms with Gasteiger partial charge in [0.15, 0.2) is 5.82 Å². The highest BCUT2D eigenvalue weighted by Gasteiger charge is 2.12. The number of aryl methyl sites for hydroxylation is 1. The van der Waals surface area contributed by atoms with Crippen molar-refractivity contribution in [1.29, 1.82) is 0 Å². The molecule has 0 amide bonds. The number of hydrogen-bond acceptors (Lipinski definition) is 5. The summed E-state index contributed by atoms with van der Waals surface area (Å²) in [5.74, 6) is 0.562. The number of halogens is 2. The van der Waals surface area contributed by atoms with Crippen LogP contribution >= 0.6 is 11.6 Å². The first-order valence-corrected chi connectivity index (χ1v) is 7.48. The molecule has 122 valence electrons. The van der Waals surface area contributed by atoms with E-state index in [1.807, 2.05) is 6.92 Å². The quantitative estimate of drug-likeness (QED) is 0.718. The maximum atomic E-state index is 13.7. The fraction of sp³-hybridized carbons (Fsp3) is 0.0588. The maximum Gasteiger partial charge on any atom is 0.248 e. The molecule has 1 aromatic heterocycles. The lowest BCUT2D eigenvalue weighted by atomic mass is 10.2. The van der Waals surface area contributed by atoms with Gasteiger partial charge in [0.25, 0.3) is 0 Å². The summed E-state index contributed by atoms with van der Waals surface area (Å²) >= 11 is 5.99. The van der Waals surface area contributed by atoms with Crippen molar-refractivity contribution in [2.24, 2.45) is 0 Å². The van der Waals surface area contributed by atoms with E-state index in [4.69, 9.17) is 22.1 Å². The van der Waals surface area contributed by atoms with Gasteiger partial charge in [-0.1, -0.05) is 23.7 Å². The van der Waals surface area contributed by atoms with Crippen molar-refractivity contribution in [2.45, 2.75) is 6.92 Å². The summed E-state index contributed by atoms with van der Waals surface area (Å²) < 4.78 is 19.4. The van der Waals surface area contributed by atoms with Crippen LogP contribution in [-0.2, 0) is 0 Å². The monoisotopic (exact) mass is 344 g/mol. The van der Waals surface area contributed by atoms with E-state index in [2.05, 4.69) is 15.3 Å². The lowest BCUT2D eigenvalue weighted by Crippen LogP contribution is -2.04. The highest BCUT2D eigenvalue weighted by atomic mass is 35.5. The van der Waals surface area contributed by atoms with Crippen LogP contribution in [-0.4, -0.2) is 9.97 Å². The third-order valence-corrected chi connectivity index (χ3v) is 3.74. The molecule has 5 nitrogen and oxygen atoms in total. The normalized spacial score (nSPS) is 10.5. The molecule has 7 heteroatoms. The number of para-hydroxylation sites is 1. The molecule has 0 unspecified atom stereocenters. The van der Waals surface area contributed by atoms with E-state index in [0.29, 0.717) is 10.8 Å². The predicted molar refractivity (Wildman–Crippen MR) is 92.4 cm³/mol. The average molecular weight is 345 g/mol. The molecule has 1 heterocycles. The summed E-state index contributed by atoms with van der Waals surface area (Å²) in [4.78, 5) is 8.06. The molecule has 2 aromatic carbocycles. The van der Waals surface area contributed by atoms with Gasteiger partial charge in [0, 0.05) is 5.02 Å². The van der Waals surface area contributed by atoms with Gasteiger partial charge in [0.1, 0.15) is 23.6 Å². The molecule has 0 atom stereocenters. The molecule has 3 rings (SSSR count). The number of aromatic nitrogens is 2. The van der Waals surface area contributed by atoms with Gasteiger partial charge in [-0.25, -0.2) is 9.37 Å². The summed E-state index contributed by atoms with van der Waals surface area (Å²) in [5.41, 5.74) is 7.34. The molecular formula is C17H14ClFN4O. The number of nitrogens with zero attached hydrogens (tertiary/aromatic N) is 2. The average Bonchev–Trinajstić information content (AvgIpc) is 2.57. The standard InChI is InChI=1S/C17H14ClFN4O/c1-10-8-11(6-7-12(10)18)24-17-15(20)16(21-9-22-17)23-14-5-3-2-4-13(14)19/h2-9H,20H2,1H3,(H,21,22,23). The number of benzene rings is 2. The van der Waals surface area contributed by atoms with Gasteiger partial charge in [-0.3, -0.25) is 0 Å². The van der Waals surface area contributed by atoms with Gasteiger partial charge in [-0.2, -0.15) is 4.98 Å². The SMILES string of the molecule is Cc1cc(Oc2ncnc(Nc3ccccc3F)c2N)ccc1Cl. The Labute approximate surface area is 143 Å². The highest BCUT2D eigenvalue weighted by Crippen LogP contribution is 2.32. The fourth-order valence-electron chi connectivity index (χ4n) is 2.04. The Hall–Kier alpha value is -2.86. The minimum atomic E-state index is -0.411. The molecule has 0 aliphatic carbocycles. The Bertz CT molecular complexity index is 888. The molecule has 0 saturated carbocycles. The topological polar surface area (TPSA) is 73.1 Å². The van der Waals surface area contributed by atoms with E-state index in [-0.39, 0.29) is 23.1 Å². The van der Waals surface area contributed by atoms with Crippen LogP contribution in [0.15, 0.2) is 48.8 Å². The predicted octanol–water partition coefficient (Wildman–Crippen LogP) is 4.70. The van der Waals surface area contributed by atoms with Crippen molar-refractivity contribution in [1.82, 2.24) is 9.97 Å². The molecule has 3 N–H and O–H groups in total. The number of nitrogens with two attached hydrogens (primary N) is 1. The van der Waals surface area contributed by atoms with Gasteiger partial charge in [-0.15, -0.1) is 0 Å². The number of hydrogen-bond donors (Lipinski definition) is 2. The van der Waals surface area contributed by atoms with Crippen LogP contribution in [0.25, 0.3) is 0 Å². The van der Waals surface area contributed by atoms with Crippen LogP contribution in [0.5, 0.6) is 11.6 Å². The zero-order valence-corrected chi connectivity index (χ0v) is 13.5. The number of rotatable bonds is 4. The smallest absolute Gasteiger partial charge is 0.248 e. The number of nitrogens with one attached hydrogen (secondary N) is 1. The Kier molecular flexibility index (Phi) is 4.48. The second-order valence-electron chi connectivity index (χ2n) is 5.06. The maximum absolute atomic E-state index is 13.7. The number of nitrogen functional groups attached to an aromatic ring is 1. The molecule has 0 aliphatic heterocycles.